The maximum absolute atomic E-state index is 5.90. The molecule has 1 aromatic carbocycles. The summed E-state index contributed by atoms with van der Waals surface area (Å²) in [6.45, 7) is 5.22. The predicted octanol–water partition coefficient (Wildman–Crippen LogP) is 2.83. The molecule has 1 aliphatic rings. The number of nitrogens with one attached hydrogen (secondary N) is 1. The standard InChI is InChI=1S/C21H23N5O2/c1-25-20-16(14-23-25)13-22-21-18(20)12-19(24-21)15-2-4-17(5-3-15)28-11-8-26-6-9-27-10-7-26/h2-5,12-14,23H,6-11H2,1H3. The van der Waals surface area contributed by atoms with Crippen molar-refractivity contribution < 1.29 is 9.47 Å². The van der Waals surface area contributed by atoms with E-state index in [0.717, 1.165) is 71.8 Å². The normalized spacial score (nSPS) is 15.5. The van der Waals surface area contributed by atoms with Crippen LogP contribution < -0.4 is 4.74 Å². The molecule has 28 heavy (non-hydrogen) atoms. The maximum Gasteiger partial charge on any atom is 0.162 e. The first kappa shape index (κ1) is 17.2. The summed E-state index contributed by atoms with van der Waals surface area (Å²) < 4.78 is 13.3. The van der Waals surface area contributed by atoms with Gasteiger partial charge in [-0.05, 0) is 30.3 Å². The molecule has 4 heterocycles. The van der Waals surface area contributed by atoms with Gasteiger partial charge in [-0.15, -0.1) is 0 Å². The van der Waals surface area contributed by atoms with Gasteiger partial charge in [0.25, 0.3) is 0 Å². The first-order valence-corrected chi connectivity index (χ1v) is 9.61. The van der Waals surface area contributed by atoms with Crippen molar-refractivity contribution in [2.75, 3.05) is 39.5 Å². The molecule has 0 amide bonds. The number of nitrogens with zero attached hydrogens (tertiary/aromatic N) is 4. The van der Waals surface area contributed by atoms with E-state index in [4.69, 9.17) is 14.5 Å². The number of morpholine rings is 1. The molecule has 0 spiro atoms. The number of pyridine rings is 1. The Bertz CT molecular complexity index is 1090. The Labute approximate surface area is 162 Å². The number of aromatic amines is 1. The Hall–Kier alpha value is -2.90. The highest BCUT2D eigenvalue weighted by Crippen LogP contribution is 2.29. The number of rotatable bonds is 5. The summed E-state index contributed by atoms with van der Waals surface area (Å²) in [5, 5.41) is 5.33. The molecular weight excluding hydrogens is 354 g/mol. The van der Waals surface area contributed by atoms with Crippen molar-refractivity contribution in [3.63, 3.8) is 0 Å². The number of aromatic nitrogens is 4. The molecule has 0 saturated carbocycles. The highest BCUT2D eigenvalue weighted by atomic mass is 16.5. The molecule has 0 radical (unpaired) electrons. The predicted molar refractivity (Wildman–Crippen MR) is 109 cm³/mol. The summed E-state index contributed by atoms with van der Waals surface area (Å²) >= 11 is 0. The van der Waals surface area contributed by atoms with Crippen LogP contribution in [0.3, 0.4) is 0 Å². The van der Waals surface area contributed by atoms with Gasteiger partial charge in [0, 0.05) is 55.4 Å². The van der Waals surface area contributed by atoms with Crippen molar-refractivity contribution in [1.82, 2.24) is 24.6 Å². The van der Waals surface area contributed by atoms with E-state index in [2.05, 4.69) is 33.2 Å². The molecule has 0 aliphatic carbocycles. The lowest BCUT2D eigenvalue weighted by Gasteiger charge is -2.26. The Morgan fingerprint density at radius 3 is 2.82 bits per heavy atom. The third-order valence-corrected chi connectivity index (χ3v) is 5.28. The third kappa shape index (κ3) is 3.23. The molecule has 4 aromatic rings. The fourth-order valence-electron chi connectivity index (χ4n) is 3.73. The molecule has 1 fully saturated rings. The van der Waals surface area contributed by atoms with E-state index < -0.39 is 0 Å². The number of hydrogen-bond acceptors (Lipinski definition) is 5. The van der Waals surface area contributed by atoms with E-state index in [1.54, 1.807) is 0 Å². The first-order valence-electron chi connectivity index (χ1n) is 9.61. The van der Waals surface area contributed by atoms with Crippen molar-refractivity contribution in [3.8, 4) is 17.0 Å². The molecule has 1 N–H and O–H groups in total. The number of aryl methyl sites for hydroxylation is 1. The maximum atomic E-state index is 5.90. The van der Waals surface area contributed by atoms with Gasteiger partial charge in [-0.25, -0.2) is 9.97 Å². The fourth-order valence-corrected chi connectivity index (χ4v) is 3.73. The van der Waals surface area contributed by atoms with Gasteiger partial charge < -0.3 is 14.6 Å². The molecular formula is C21H23N5O2. The van der Waals surface area contributed by atoms with Gasteiger partial charge in [0.15, 0.2) is 5.65 Å². The van der Waals surface area contributed by atoms with E-state index in [1.165, 1.54) is 0 Å². The third-order valence-electron chi connectivity index (χ3n) is 5.28. The summed E-state index contributed by atoms with van der Waals surface area (Å²) in [6.07, 6.45) is 3.81. The summed E-state index contributed by atoms with van der Waals surface area (Å²) in [5.41, 5.74) is 3.87. The number of benzene rings is 1. The van der Waals surface area contributed by atoms with Gasteiger partial charge in [-0.2, -0.15) is 0 Å². The monoisotopic (exact) mass is 377 g/mol. The van der Waals surface area contributed by atoms with Crippen molar-refractivity contribution in [2.24, 2.45) is 7.05 Å². The fraction of sp³-hybridized carbons (Fsp3) is 0.333. The van der Waals surface area contributed by atoms with Crippen LogP contribution in [0.1, 0.15) is 0 Å². The minimum absolute atomic E-state index is 0.684. The Balaban J connectivity index is 1.31. The summed E-state index contributed by atoms with van der Waals surface area (Å²) in [5.74, 6) is 0.880. The van der Waals surface area contributed by atoms with Crippen molar-refractivity contribution in [2.45, 2.75) is 0 Å². The highest BCUT2D eigenvalue weighted by molar-refractivity contribution is 6.04. The van der Waals surface area contributed by atoms with Crippen LogP contribution in [0.15, 0.2) is 42.7 Å². The lowest BCUT2D eigenvalue weighted by molar-refractivity contribution is 0.0322. The van der Waals surface area contributed by atoms with Crippen LogP contribution in [0.5, 0.6) is 5.75 Å². The summed E-state index contributed by atoms with van der Waals surface area (Å²) in [6, 6.07) is 10.2. The zero-order chi connectivity index (χ0) is 18.9. The second-order valence-electron chi connectivity index (χ2n) is 7.10. The second kappa shape index (κ2) is 7.26. The second-order valence-corrected chi connectivity index (χ2v) is 7.10. The van der Waals surface area contributed by atoms with E-state index in [1.807, 2.05) is 36.3 Å². The van der Waals surface area contributed by atoms with E-state index in [9.17, 15) is 0 Å². The topological polar surface area (TPSA) is 68.2 Å². The van der Waals surface area contributed by atoms with Crippen LogP contribution in [0.4, 0.5) is 0 Å². The van der Waals surface area contributed by atoms with Crippen molar-refractivity contribution >= 4 is 21.9 Å². The van der Waals surface area contributed by atoms with Crippen molar-refractivity contribution in [1.29, 1.82) is 0 Å². The zero-order valence-corrected chi connectivity index (χ0v) is 15.9. The Kier molecular flexibility index (Phi) is 4.46. The molecule has 5 rings (SSSR count). The quantitative estimate of drug-likeness (QED) is 0.579. The van der Waals surface area contributed by atoms with Crippen LogP contribution >= 0.6 is 0 Å². The lowest BCUT2D eigenvalue weighted by atomic mass is 10.1. The van der Waals surface area contributed by atoms with Gasteiger partial charge >= 0.3 is 0 Å². The van der Waals surface area contributed by atoms with Crippen LogP contribution in [-0.4, -0.2) is 64.1 Å². The molecule has 0 unspecified atom stereocenters. The van der Waals surface area contributed by atoms with Crippen LogP contribution in [-0.2, 0) is 11.8 Å². The number of fused-ring (bicyclic) bond motifs is 3. The van der Waals surface area contributed by atoms with Gasteiger partial charge in [-0.1, -0.05) is 0 Å². The zero-order valence-electron chi connectivity index (χ0n) is 15.9. The number of H-pyrrole nitrogens is 1. The summed E-state index contributed by atoms with van der Waals surface area (Å²) in [7, 11) is 2.00. The number of hydrogen-bond donors (Lipinski definition) is 1. The molecule has 7 nitrogen and oxygen atoms in total. The van der Waals surface area contributed by atoms with Crippen LogP contribution in [0.25, 0.3) is 33.2 Å². The highest BCUT2D eigenvalue weighted by Gasteiger charge is 2.12. The van der Waals surface area contributed by atoms with Crippen LogP contribution in [0, 0.1) is 0 Å². The molecule has 144 valence electrons. The Morgan fingerprint density at radius 1 is 1.18 bits per heavy atom. The molecule has 7 heteroatoms. The average Bonchev–Trinajstić information content (AvgIpc) is 3.33. The lowest BCUT2D eigenvalue weighted by Crippen LogP contribution is -2.38. The van der Waals surface area contributed by atoms with E-state index in [0.29, 0.717) is 6.61 Å². The van der Waals surface area contributed by atoms with Gasteiger partial charge in [0.05, 0.1) is 24.4 Å². The molecule has 0 bridgehead atoms. The molecule has 3 aromatic heterocycles. The van der Waals surface area contributed by atoms with Gasteiger partial charge in [-0.3, -0.25) is 9.58 Å². The molecule has 1 aliphatic heterocycles. The largest absolute Gasteiger partial charge is 0.492 e. The van der Waals surface area contributed by atoms with E-state index >= 15 is 0 Å². The van der Waals surface area contributed by atoms with E-state index in [-0.39, 0.29) is 0 Å². The summed E-state index contributed by atoms with van der Waals surface area (Å²) in [4.78, 5) is 11.6. The minimum Gasteiger partial charge on any atom is -0.492 e. The SMILES string of the molecule is Cn1[nH]cc2cnc3nc(-c4ccc(OCCN5CCOCC5)cc4)cc3c21. The van der Waals surface area contributed by atoms with Crippen LogP contribution in [0.2, 0.25) is 0 Å². The minimum atomic E-state index is 0.684. The van der Waals surface area contributed by atoms with Gasteiger partial charge in [0.2, 0.25) is 0 Å². The molecule has 0 atom stereocenters. The molecule has 1 saturated heterocycles. The smallest absolute Gasteiger partial charge is 0.162 e. The van der Waals surface area contributed by atoms with Crippen molar-refractivity contribution in [3.05, 3.63) is 42.7 Å². The Morgan fingerprint density at radius 2 is 2.00 bits per heavy atom. The van der Waals surface area contributed by atoms with Gasteiger partial charge in [0.1, 0.15) is 12.4 Å². The number of ether oxygens (including phenoxy) is 2. The average molecular weight is 377 g/mol. The first-order chi connectivity index (χ1) is 13.8.